The molecule has 12 aromatic carbocycles. The van der Waals surface area contributed by atoms with Crippen LogP contribution in [-0.2, 0) is 0 Å². The van der Waals surface area contributed by atoms with Crippen LogP contribution in [0, 0.1) is 11.3 Å². The van der Waals surface area contributed by atoms with Crippen molar-refractivity contribution in [3.8, 4) is 45.4 Å². The van der Waals surface area contributed by atoms with Crippen LogP contribution in [0.2, 0.25) is 0 Å². The first-order valence-corrected chi connectivity index (χ1v) is 26.1. The van der Waals surface area contributed by atoms with Gasteiger partial charge in [-0.05, 0) is 102 Å². The smallest absolute Gasteiger partial charge is 0.146 e. The van der Waals surface area contributed by atoms with Crippen molar-refractivity contribution in [2.24, 2.45) is 0 Å². The molecule has 0 fully saturated rings. The average molecular weight is 976 g/mol. The van der Waals surface area contributed by atoms with Gasteiger partial charge < -0.3 is 4.57 Å². The second-order valence-electron chi connectivity index (χ2n) is 20.4. The Bertz CT molecular complexity index is 5070. The van der Waals surface area contributed by atoms with Crippen molar-refractivity contribution in [1.29, 1.82) is 5.26 Å². The number of rotatable bonds is 5. The third-order valence-corrected chi connectivity index (χ3v) is 16.9. The van der Waals surface area contributed by atoms with E-state index in [1.165, 1.54) is 16.2 Å². The predicted octanol–water partition coefficient (Wildman–Crippen LogP) is 17.6. The van der Waals surface area contributed by atoms with E-state index in [4.69, 9.17) is 15.0 Å². The number of nitriles is 1. The van der Waals surface area contributed by atoms with E-state index in [2.05, 4.69) is 220 Å². The van der Waals surface area contributed by atoms with Crippen LogP contribution < -0.4 is 0 Å². The van der Waals surface area contributed by atoms with Gasteiger partial charge in [0.1, 0.15) is 22.9 Å². The molecule has 0 aliphatic heterocycles. The Kier molecular flexibility index (Phi) is 7.81. The number of hydrogen-bond donors (Lipinski definition) is 0. The van der Waals surface area contributed by atoms with E-state index in [1.807, 2.05) is 24.7 Å². The quantitative estimate of drug-likeness (QED) is 0.161. The zero-order valence-corrected chi connectivity index (χ0v) is 41.0. The van der Waals surface area contributed by atoms with Crippen LogP contribution in [0.4, 0.5) is 0 Å². The fraction of sp³-hybridized carbons (Fsp3) is 0. The standard InChI is InChI=1S/C70H37N7/c71-38-52-66(75-53-29-13-26-47-50-28-15-35-72-65(50)51-27-14-30-54(75)62(51)59(47)53)57(39-16-3-1-4-17-39)68(77-56-32-12-25-46-42-21-8-10-23-44(42)49-34-37-74-70(77)64(49)61(46)56)58(40-18-5-2-6-19-40)67(52)76-55-31-11-24-45-41-20-7-9-22-43(41)48-33-36-73-69(76)63(48)60(45)55/h1-37H. The van der Waals surface area contributed by atoms with E-state index < -0.39 is 0 Å². The summed E-state index contributed by atoms with van der Waals surface area (Å²) >= 11 is 0. The molecule has 0 bridgehead atoms. The molecule has 0 atom stereocenters. The van der Waals surface area contributed by atoms with Crippen molar-refractivity contribution < 1.29 is 0 Å². The average Bonchev–Trinajstić information content (AvgIpc) is 4.32. The Balaban J connectivity index is 1.17. The van der Waals surface area contributed by atoms with Crippen molar-refractivity contribution >= 4 is 130 Å². The lowest BCUT2D eigenvalue weighted by Crippen LogP contribution is -2.14. The molecule has 0 aliphatic rings. The van der Waals surface area contributed by atoms with Crippen molar-refractivity contribution in [2.45, 2.75) is 0 Å². The zero-order chi connectivity index (χ0) is 50.2. The summed E-state index contributed by atoms with van der Waals surface area (Å²) in [6.07, 6.45) is 5.79. The molecular formula is C70H37N7. The molecule has 6 aromatic heterocycles. The minimum atomic E-state index is 0.510. The SMILES string of the molecule is N#Cc1c(-n2c3cccc4c5cccnc5c5cccc2c5c43)c(-c2ccccc2)c(-n2c3cccc4c5ccccc5c5ccnc2c5c43)c(-c2ccccc2)c1-n1c2cccc3c4ccccc4c4ccnc1c4c32. The number of aromatic nitrogens is 6. The van der Waals surface area contributed by atoms with Gasteiger partial charge in [-0.15, -0.1) is 0 Å². The van der Waals surface area contributed by atoms with E-state index in [9.17, 15) is 5.26 Å². The largest absolute Gasteiger partial charge is 0.307 e. The molecule has 0 saturated carbocycles. The van der Waals surface area contributed by atoms with E-state index in [0.717, 1.165) is 154 Å². The van der Waals surface area contributed by atoms with Crippen molar-refractivity contribution in [3.05, 3.63) is 230 Å². The molecule has 18 aromatic rings. The third kappa shape index (κ3) is 5.02. The molecule has 18 rings (SSSR count). The molecule has 352 valence electrons. The molecule has 0 N–H and O–H groups in total. The van der Waals surface area contributed by atoms with Gasteiger partial charge in [0.05, 0.1) is 44.6 Å². The van der Waals surface area contributed by atoms with Crippen LogP contribution >= 0.6 is 0 Å². The van der Waals surface area contributed by atoms with Gasteiger partial charge in [0.25, 0.3) is 0 Å². The molecule has 7 nitrogen and oxygen atoms in total. The van der Waals surface area contributed by atoms with Crippen LogP contribution in [0.5, 0.6) is 0 Å². The Hall–Kier alpha value is -10.7. The van der Waals surface area contributed by atoms with Crippen LogP contribution in [0.1, 0.15) is 5.56 Å². The van der Waals surface area contributed by atoms with Gasteiger partial charge in [-0.3, -0.25) is 14.1 Å². The topological polar surface area (TPSA) is 77.2 Å². The van der Waals surface area contributed by atoms with Crippen LogP contribution in [-0.4, -0.2) is 28.7 Å². The first-order valence-electron chi connectivity index (χ1n) is 26.1. The first kappa shape index (κ1) is 40.8. The molecule has 6 heterocycles. The second-order valence-corrected chi connectivity index (χ2v) is 20.4. The maximum Gasteiger partial charge on any atom is 0.146 e. The van der Waals surface area contributed by atoms with E-state index in [1.54, 1.807) is 0 Å². The second kappa shape index (κ2) is 14.8. The molecule has 77 heavy (non-hydrogen) atoms. The summed E-state index contributed by atoms with van der Waals surface area (Å²) in [4.78, 5) is 15.9. The number of hydrogen-bond acceptors (Lipinski definition) is 4. The van der Waals surface area contributed by atoms with Gasteiger partial charge >= 0.3 is 0 Å². The highest BCUT2D eigenvalue weighted by Gasteiger charge is 2.35. The lowest BCUT2D eigenvalue weighted by atomic mass is 9.88. The van der Waals surface area contributed by atoms with E-state index in [0.29, 0.717) is 5.56 Å². The molecule has 0 radical (unpaired) electrons. The van der Waals surface area contributed by atoms with Gasteiger partial charge in [0.2, 0.25) is 0 Å². The summed E-state index contributed by atoms with van der Waals surface area (Å²) in [5, 5.41) is 32.0. The molecule has 0 saturated heterocycles. The number of nitrogens with zero attached hydrogens (tertiary/aromatic N) is 7. The predicted molar refractivity (Wildman–Crippen MR) is 317 cm³/mol. The normalized spacial score (nSPS) is 12.4. The number of benzene rings is 12. The Morgan fingerprint density at radius 1 is 0.286 bits per heavy atom. The zero-order valence-electron chi connectivity index (χ0n) is 41.0. The molecule has 0 amide bonds. The minimum absolute atomic E-state index is 0.510. The van der Waals surface area contributed by atoms with E-state index in [-0.39, 0.29) is 0 Å². The van der Waals surface area contributed by atoms with Gasteiger partial charge in [0.15, 0.2) is 0 Å². The number of fused-ring (bicyclic) bond motifs is 9. The highest BCUT2D eigenvalue weighted by atomic mass is 15.1. The lowest BCUT2D eigenvalue weighted by molar-refractivity contribution is 1.07. The van der Waals surface area contributed by atoms with Crippen LogP contribution in [0.15, 0.2) is 225 Å². The molecule has 0 aliphatic carbocycles. The lowest BCUT2D eigenvalue weighted by Gasteiger charge is -2.28. The van der Waals surface area contributed by atoms with Crippen LogP contribution in [0.25, 0.3) is 170 Å². The minimum Gasteiger partial charge on any atom is -0.307 e. The van der Waals surface area contributed by atoms with Gasteiger partial charge in [0, 0.05) is 72.8 Å². The van der Waals surface area contributed by atoms with Crippen molar-refractivity contribution in [1.82, 2.24) is 28.7 Å². The summed E-state index contributed by atoms with van der Waals surface area (Å²) in [6.45, 7) is 0. The Morgan fingerprint density at radius 2 is 0.662 bits per heavy atom. The molecular weight excluding hydrogens is 939 g/mol. The summed E-state index contributed by atoms with van der Waals surface area (Å²) < 4.78 is 7.14. The maximum atomic E-state index is 12.8. The summed E-state index contributed by atoms with van der Waals surface area (Å²) in [5.74, 6) is 0. The Labute approximate surface area is 438 Å². The van der Waals surface area contributed by atoms with Crippen molar-refractivity contribution in [2.75, 3.05) is 0 Å². The summed E-state index contributed by atoms with van der Waals surface area (Å²) in [6, 6.07) is 76.9. The number of pyridine rings is 3. The highest BCUT2D eigenvalue weighted by Crippen LogP contribution is 2.55. The van der Waals surface area contributed by atoms with Crippen LogP contribution in [0.3, 0.4) is 0 Å². The third-order valence-electron chi connectivity index (χ3n) is 16.9. The highest BCUT2D eigenvalue weighted by molar-refractivity contribution is 6.37. The fourth-order valence-corrected chi connectivity index (χ4v) is 14.0. The van der Waals surface area contributed by atoms with Gasteiger partial charge in [-0.25, -0.2) is 9.97 Å². The Morgan fingerprint density at radius 3 is 1.17 bits per heavy atom. The molecule has 7 heteroatoms. The molecule has 0 spiro atoms. The maximum absolute atomic E-state index is 12.8. The van der Waals surface area contributed by atoms with Gasteiger partial charge in [-0.1, -0.05) is 164 Å². The summed E-state index contributed by atoms with van der Waals surface area (Å²) in [7, 11) is 0. The monoisotopic (exact) mass is 975 g/mol. The first-order chi connectivity index (χ1) is 38.3. The summed E-state index contributed by atoms with van der Waals surface area (Å²) in [5.41, 5.74) is 13.1. The molecule has 0 unspecified atom stereocenters. The van der Waals surface area contributed by atoms with Gasteiger partial charge in [-0.2, -0.15) is 5.26 Å². The van der Waals surface area contributed by atoms with E-state index >= 15 is 0 Å². The van der Waals surface area contributed by atoms with Crippen molar-refractivity contribution in [3.63, 3.8) is 0 Å². The fourth-order valence-electron chi connectivity index (χ4n) is 14.0.